The standard InChI is InChI=1S/C28H33BrN2O4/c1-17(2)26-16-35-28(33)31(26)27(32)13-18(3)12-23-19(4)30(15-20-6-8-21(29)9-7-20)25-11-10-22(34-5)14-24(23)25/h6-11,14,17-18,26H,12-13,15-16H2,1-5H3. The molecule has 2 amide bonds. The highest BCUT2D eigenvalue weighted by Gasteiger charge is 2.39. The molecule has 0 spiro atoms. The van der Waals surface area contributed by atoms with Gasteiger partial charge in [-0.05, 0) is 66.6 Å². The number of aromatic nitrogens is 1. The molecule has 2 aromatic carbocycles. The summed E-state index contributed by atoms with van der Waals surface area (Å²) in [5, 5.41) is 1.14. The maximum Gasteiger partial charge on any atom is 0.416 e. The average molecular weight is 541 g/mol. The summed E-state index contributed by atoms with van der Waals surface area (Å²) in [7, 11) is 1.67. The van der Waals surface area contributed by atoms with Crippen LogP contribution in [-0.2, 0) is 22.5 Å². The summed E-state index contributed by atoms with van der Waals surface area (Å²) >= 11 is 3.51. The Morgan fingerprint density at radius 2 is 1.89 bits per heavy atom. The van der Waals surface area contributed by atoms with Crippen molar-refractivity contribution in [3.8, 4) is 5.75 Å². The molecule has 0 N–H and O–H groups in total. The van der Waals surface area contributed by atoms with Gasteiger partial charge in [0.15, 0.2) is 0 Å². The fraction of sp³-hybridized carbons (Fsp3) is 0.429. The Hall–Kier alpha value is -2.80. The second kappa shape index (κ2) is 10.4. The molecule has 2 atom stereocenters. The number of benzene rings is 2. The van der Waals surface area contributed by atoms with E-state index in [1.807, 2.05) is 19.9 Å². The SMILES string of the molecule is COc1ccc2c(c1)c(CC(C)CC(=O)N1C(=O)OCC1C(C)C)c(C)n2Cc1ccc(Br)cc1. The first-order valence-corrected chi connectivity index (χ1v) is 12.9. The fourth-order valence-corrected chi connectivity index (χ4v) is 5.19. The molecule has 1 aliphatic heterocycles. The van der Waals surface area contributed by atoms with E-state index in [9.17, 15) is 9.59 Å². The number of hydrogen-bond donors (Lipinski definition) is 0. The van der Waals surface area contributed by atoms with Crippen molar-refractivity contribution < 1.29 is 19.1 Å². The van der Waals surface area contributed by atoms with Gasteiger partial charge in [0.2, 0.25) is 5.91 Å². The third-order valence-corrected chi connectivity index (χ3v) is 7.46. The van der Waals surface area contributed by atoms with Gasteiger partial charge in [0.25, 0.3) is 0 Å². The second-order valence-electron chi connectivity index (χ2n) is 9.83. The summed E-state index contributed by atoms with van der Waals surface area (Å²) in [5.74, 6) is 0.864. The highest BCUT2D eigenvalue weighted by Crippen LogP contribution is 2.33. The molecule has 6 nitrogen and oxygen atoms in total. The first-order chi connectivity index (χ1) is 16.7. The number of rotatable bonds is 8. The van der Waals surface area contributed by atoms with Gasteiger partial charge >= 0.3 is 6.09 Å². The van der Waals surface area contributed by atoms with Crippen molar-refractivity contribution in [3.05, 3.63) is 63.8 Å². The van der Waals surface area contributed by atoms with Crippen molar-refractivity contribution in [1.82, 2.24) is 9.47 Å². The molecule has 0 aliphatic carbocycles. The lowest BCUT2D eigenvalue weighted by Crippen LogP contribution is -2.42. The van der Waals surface area contributed by atoms with Crippen LogP contribution in [0.3, 0.4) is 0 Å². The van der Waals surface area contributed by atoms with Crippen molar-refractivity contribution >= 4 is 38.8 Å². The predicted octanol–water partition coefficient (Wildman–Crippen LogP) is 6.34. The van der Waals surface area contributed by atoms with E-state index in [0.29, 0.717) is 6.42 Å². The number of imide groups is 1. The molecule has 1 aliphatic rings. The monoisotopic (exact) mass is 540 g/mol. The Labute approximate surface area is 215 Å². The van der Waals surface area contributed by atoms with Gasteiger partial charge in [0, 0.05) is 34.0 Å². The third-order valence-electron chi connectivity index (χ3n) is 6.94. The first kappa shape index (κ1) is 25.3. The van der Waals surface area contributed by atoms with Crippen LogP contribution in [0.25, 0.3) is 10.9 Å². The summed E-state index contributed by atoms with van der Waals surface area (Å²) < 4.78 is 14.1. The van der Waals surface area contributed by atoms with Gasteiger partial charge < -0.3 is 14.0 Å². The molecule has 1 aromatic heterocycles. The van der Waals surface area contributed by atoms with E-state index in [0.717, 1.165) is 34.1 Å². The number of hydrogen-bond acceptors (Lipinski definition) is 4. The summed E-state index contributed by atoms with van der Waals surface area (Å²) in [5.41, 5.74) is 4.74. The predicted molar refractivity (Wildman–Crippen MR) is 141 cm³/mol. The van der Waals surface area contributed by atoms with Gasteiger partial charge in [-0.2, -0.15) is 0 Å². The number of carbonyl (C=O) groups is 2. The molecule has 4 rings (SSSR count). The number of ether oxygens (including phenoxy) is 2. The zero-order valence-electron chi connectivity index (χ0n) is 21.0. The lowest BCUT2D eigenvalue weighted by Gasteiger charge is -2.24. The van der Waals surface area contributed by atoms with Crippen LogP contribution in [0.15, 0.2) is 46.9 Å². The first-order valence-electron chi connectivity index (χ1n) is 12.1. The minimum atomic E-state index is -0.520. The average Bonchev–Trinajstić information content (AvgIpc) is 3.33. The number of amides is 2. The molecule has 2 heterocycles. The summed E-state index contributed by atoms with van der Waals surface area (Å²) in [6.07, 6.45) is 0.498. The molecular formula is C28H33BrN2O4. The normalized spacial score (nSPS) is 16.7. The van der Waals surface area contributed by atoms with Gasteiger partial charge in [-0.25, -0.2) is 9.69 Å². The number of cyclic esters (lactones) is 1. The Morgan fingerprint density at radius 3 is 2.54 bits per heavy atom. The highest BCUT2D eigenvalue weighted by molar-refractivity contribution is 9.10. The van der Waals surface area contributed by atoms with E-state index in [2.05, 4.69) is 70.7 Å². The number of carbonyl (C=O) groups excluding carboxylic acids is 2. The van der Waals surface area contributed by atoms with Crippen LogP contribution in [0, 0.1) is 18.8 Å². The van der Waals surface area contributed by atoms with Gasteiger partial charge in [-0.15, -0.1) is 0 Å². The number of nitrogens with zero attached hydrogens (tertiary/aromatic N) is 2. The van der Waals surface area contributed by atoms with Crippen molar-refractivity contribution in [2.45, 2.75) is 53.1 Å². The Balaban J connectivity index is 1.61. The van der Waals surface area contributed by atoms with E-state index in [4.69, 9.17) is 9.47 Å². The number of halogens is 1. The molecule has 0 bridgehead atoms. The molecule has 0 radical (unpaired) electrons. The Bertz CT molecular complexity index is 1230. The highest BCUT2D eigenvalue weighted by atomic mass is 79.9. The van der Waals surface area contributed by atoms with Crippen LogP contribution < -0.4 is 4.74 Å². The maximum absolute atomic E-state index is 13.1. The summed E-state index contributed by atoms with van der Waals surface area (Å²) in [6.45, 7) is 9.26. The van der Waals surface area contributed by atoms with E-state index in [1.54, 1.807) is 7.11 Å². The molecule has 186 valence electrons. The van der Waals surface area contributed by atoms with Gasteiger partial charge in [0.1, 0.15) is 12.4 Å². The van der Waals surface area contributed by atoms with Gasteiger partial charge in [0.05, 0.1) is 13.2 Å². The van der Waals surface area contributed by atoms with Crippen LogP contribution in [-0.4, -0.2) is 41.2 Å². The Morgan fingerprint density at radius 1 is 1.17 bits per heavy atom. The van der Waals surface area contributed by atoms with Gasteiger partial charge in [-0.3, -0.25) is 4.79 Å². The maximum atomic E-state index is 13.1. The minimum Gasteiger partial charge on any atom is -0.497 e. The quantitative estimate of drug-likeness (QED) is 0.334. The molecule has 3 aromatic rings. The topological polar surface area (TPSA) is 60.8 Å². The van der Waals surface area contributed by atoms with Crippen LogP contribution >= 0.6 is 15.9 Å². The van der Waals surface area contributed by atoms with Crippen molar-refractivity contribution in [2.24, 2.45) is 11.8 Å². The molecule has 7 heteroatoms. The zero-order chi connectivity index (χ0) is 25.3. The molecule has 0 saturated carbocycles. The van der Waals surface area contributed by atoms with Crippen LogP contribution in [0.5, 0.6) is 5.75 Å². The van der Waals surface area contributed by atoms with E-state index in [1.165, 1.54) is 21.7 Å². The molecule has 1 fully saturated rings. The number of fused-ring (bicyclic) bond motifs is 1. The molecule has 2 unspecified atom stereocenters. The zero-order valence-corrected chi connectivity index (χ0v) is 22.6. The van der Waals surface area contributed by atoms with Crippen LogP contribution in [0.4, 0.5) is 4.79 Å². The fourth-order valence-electron chi connectivity index (χ4n) is 4.92. The molecular weight excluding hydrogens is 508 g/mol. The minimum absolute atomic E-state index is 0.0559. The van der Waals surface area contributed by atoms with E-state index < -0.39 is 6.09 Å². The second-order valence-corrected chi connectivity index (χ2v) is 10.7. The molecule has 1 saturated heterocycles. The van der Waals surface area contributed by atoms with Crippen LogP contribution in [0.1, 0.15) is 44.0 Å². The van der Waals surface area contributed by atoms with Crippen molar-refractivity contribution in [1.29, 1.82) is 0 Å². The van der Waals surface area contributed by atoms with Crippen molar-refractivity contribution in [2.75, 3.05) is 13.7 Å². The third kappa shape index (κ3) is 5.25. The van der Waals surface area contributed by atoms with Gasteiger partial charge in [-0.1, -0.05) is 48.8 Å². The van der Waals surface area contributed by atoms with E-state index in [-0.39, 0.29) is 30.4 Å². The van der Waals surface area contributed by atoms with Crippen molar-refractivity contribution in [3.63, 3.8) is 0 Å². The lowest BCUT2D eigenvalue weighted by molar-refractivity contribution is -0.130. The number of methoxy groups -OCH3 is 1. The smallest absolute Gasteiger partial charge is 0.416 e. The molecule has 35 heavy (non-hydrogen) atoms. The summed E-state index contributed by atoms with van der Waals surface area (Å²) in [4.78, 5) is 26.6. The largest absolute Gasteiger partial charge is 0.497 e. The summed E-state index contributed by atoms with van der Waals surface area (Å²) in [6, 6.07) is 14.3. The lowest BCUT2D eigenvalue weighted by atomic mass is 9.94. The van der Waals surface area contributed by atoms with E-state index >= 15 is 0 Å². The van der Waals surface area contributed by atoms with Crippen LogP contribution in [0.2, 0.25) is 0 Å². The Kier molecular flexibility index (Phi) is 7.55.